The number of rotatable bonds is 2. The molecule has 0 heterocycles. The third kappa shape index (κ3) is 1.70. The lowest BCUT2D eigenvalue weighted by Gasteiger charge is -2.07. The zero-order valence-corrected chi connectivity index (χ0v) is 7.20. The van der Waals surface area contributed by atoms with E-state index in [9.17, 15) is 4.79 Å². The molecule has 5 heteroatoms. The number of hydrogen-bond donors (Lipinski definition) is 3. The molecule has 1 aromatic carbocycles. The van der Waals surface area contributed by atoms with Crippen LogP contribution in [0.25, 0.3) is 0 Å². The summed E-state index contributed by atoms with van der Waals surface area (Å²) in [6.45, 7) is 0. The first kappa shape index (κ1) is 9.34. The molecule has 0 atom stereocenters. The smallest absolute Gasteiger partial charge is 0.340 e. The lowest BCUT2D eigenvalue weighted by molar-refractivity contribution is 0.0602. The Bertz CT molecular complexity index is 325. The predicted octanol–water partition coefficient (Wildman–Crippen LogP) is 0.341. The van der Waals surface area contributed by atoms with Gasteiger partial charge in [-0.25, -0.2) is 4.79 Å². The maximum atomic E-state index is 11.1. The van der Waals surface area contributed by atoms with Crippen LogP contribution < -0.4 is 17.0 Å². The summed E-state index contributed by atoms with van der Waals surface area (Å²) in [6, 6.07) is 4.90. The van der Waals surface area contributed by atoms with Crippen molar-refractivity contribution in [2.24, 2.45) is 5.84 Å². The van der Waals surface area contributed by atoms with Gasteiger partial charge in [-0.15, -0.1) is 0 Å². The second-order valence-electron chi connectivity index (χ2n) is 2.40. The van der Waals surface area contributed by atoms with Crippen LogP contribution in [0.5, 0.6) is 0 Å². The Morgan fingerprint density at radius 1 is 1.54 bits per heavy atom. The van der Waals surface area contributed by atoms with Gasteiger partial charge in [-0.2, -0.15) is 0 Å². The molecule has 0 aromatic heterocycles. The van der Waals surface area contributed by atoms with Crippen LogP contribution in [-0.2, 0) is 4.74 Å². The van der Waals surface area contributed by atoms with Crippen LogP contribution in [0.1, 0.15) is 10.4 Å². The van der Waals surface area contributed by atoms with E-state index in [1.807, 2.05) is 0 Å². The molecule has 0 unspecified atom stereocenters. The minimum absolute atomic E-state index is 0.289. The van der Waals surface area contributed by atoms with Crippen LogP contribution >= 0.6 is 0 Å². The monoisotopic (exact) mass is 181 g/mol. The molecule has 0 aliphatic carbocycles. The molecule has 0 aliphatic rings. The summed E-state index contributed by atoms with van der Waals surface area (Å²) in [7, 11) is 1.30. The molecule has 0 spiro atoms. The average molecular weight is 181 g/mol. The SMILES string of the molecule is COC(=O)c1cccc(NN)c1N. The zero-order valence-electron chi connectivity index (χ0n) is 7.20. The van der Waals surface area contributed by atoms with Crippen LogP contribution in [0.2, 0.25) is 0 Å². The average Bonchev–Trinajstić information content (AvgIpc) is 2.17. The highest BCUT2D eigenvalue weighted by Crippen LogP contribution is 2.21. The van der Waals surface area contributed by atoms with Gasteiger partial charge in [0.25, 0.3) is 0 Å². The molecule has 0 aliphatic heterocycles. The highest BCUT2D eigenvalue weighted by atomic mass is 16.5. The Morgan fingerprint density at radius 3 is 2.77 bits per heavy atom. The number of benzene rings is 1. The van der Waals surface area contributed by atoms with Crippen LogP contribution in [0.4, 0.5) is 11.4 Å². The van der Waals surface area contributed by atoms with E-state index in [-0.39, 0.29) is 5.69 Å². The quantitative estimate of drug-likeness (QED) is 0.265. The fraction of sp³-hybridized carbons (Fsp3) is 0.125. The molecule has 70 valence electrons. The summed E-state index contributed by atoms with van der Waals surface area (Å²) in [4.78, 5) is 11.1. The Morgan fingerprint density at radius 2 is 2.23 bits per heavy atom. The van der Waals surface area contributed by atoms with Crippen molar-refractivity contribution >= 4 is 17.3 Å². The minimum Gasteiger partial charge on any atom is -0.465 e. The lowest BCUT2D eigenvalue weighted by atomic mass is 10.1. The number of anilines is 2. The van der Waals surface area contributed by atoms with Gasteiger partial charge in [0.15, 0.2) is 0 Å². The van der Waals surface area contributed by atoms with Gasteiger partial charge in [0, 0.05) is 0 Å². The Balaban J connectivity index is 3.15. The number of hydrogen-bond acceptors (Lipinski definition) is 5. The molecular weight excluding hydrogens is 170 g/mol. The van der Waals surface area contributed by atoms with E-state index in [2.05, 4.69) is 10.2 Å². The van der Waals surface area contributed by atoms with Crippen molar-refractivity contribution in [2.75, 3.05) is 18.3 Å². The fourth-order valence-electron chi connectivity index (χ4n) is 0.979. The largest absolute Gasteiger partial charge is 0.465 e. The molecule has 0 radical (unpaired) electrons. The maximum Gasteiger partial charge on any atom is 0.340 e. The van der Waals surface area contributed by atoms with Gasteiger partial charge in [-0.3, -0.25) is 5.84 Å². The van der Waals surface area contributed by atoms with Gasteiger partial charge >= 0.3 is 5.97 Å². The van der Waals surface area contributed by atoms with Crippen molar-refractivity contribution in [3.8, 4) is 0 Å². The van der Waals surface area contributed by atoms with Crippen LogP contribution in [0.3, 0.4) is 0 Å². The van der Waals surface area contributed by atoms with Crippen LogP contribution in [0, 0.1) is 0 Å². The Hall–Kier alpha value is -1.75. The van der Waals surface area contributed by atoms with E-state index in [0.29, 0.717) is 11.3 Å². The third-order valence-corrected chi connectivity index (χ3v) is 1.67. The van der Waals surface area contributed by atoms with Crippen molar-refractivity contribution in [1.82, 2.24) is 0 Å². The van der Waals surface area contributed by atoms with E-state index in [1.165, 1.54) is 7.11 Å². The van der Waals surface area contributed by atoms with Crippen molar-refractivity contribution in [2.45, 2.75) is 0 Å². The number of methoxy groups -OCH3 is 1. The van der Waals surface area contributed by atoms with Gasteiger partial charge in [0.05, 0.1) is 24.0 Å². The van der Waals surface area contributed by atoms with E-state index in [4.69, 9.17) is 11.6 Å². The van der Waals surface area contributed by atoms with E-state index >= 15 is 0 Å². The molecule has 0 amide bonds. The molecule has 5 nitrogen and oxygen atoms in total. The fourth-order valence-corrected chi connectivity index (χ4v) is 0.979. The summed E-state index contributed by atoms with van der Waals surface area (Å²) in [5.74, 6) is 4.70. The topological polar surface area (TPSA) is 90.4 Å². The highest BCUT2D eigenvalue weighted by Gasteiger charge is 2.11. The van der Waals surface area contributed by atoms with E-state index < -0.39 is 5.97 Å². The van der Waals surface area contributed by atoms with Gasteiger partial charge in [0.1, 0.15) is 0 Å². The standard InChI is InChI=1S/C8H11N3O2/c1-13-8(12)5-3-2-4-6(11-10)7(5)9/h2-4,11H,9-10H2,1H3. The summed E-state index contributed by atoms with van der Waals surface area (Å²) < 4.78 is 4.53. The Kier molecular flexibility index (Phi) is 2.71. The van der Waals surface area contributed by atoms with Crippen molar-refractivity contribution in [3.63, 3.8) is 0 Å². The van der Waals surface area contributed by atoms with Crippen LogP contribution in [0.15, 0.2) is 18.2 Å². The number of para-hydroxylation sites is 1. The van der Waals surface area contributed by atoms with Gasteiger partial charge in [0.2, 0.25) is 0 Å². The first-order valence-electron chi connectivity index (χ1n) is 3.64. The molecule has 0 fully saturated rings. The zero-order chi connectivity index (χ0) is 9.84. The van der Waals surface area contributed by atoms with Gasteiger partial charge in [-0.05, 0) is 12.1 Å². The molecule has 5 N–H and O–H groups in total. The summed E-state index contributed by atoms with van der Waals surface area (Å²) in [5, 5.41) is 0. The van der Waals surface area contributed by atoms with Gasteiger partial charge in [-0.1, -0.05) is 6.07 Å². The van der Waals surface area contributed by atoms with Crippen molar-refractivity contribution in [3.05, 3.63) is 23.8 Å². The molecule has 1 rings (SSSR count). The summed E-state index contributed by atoms with van der Waals surface area (Å²) in [5.41, 5.74) is 9.10. The normalized spacial score (nSPS) is 9.38. The molecule has 13 heavy (non-hydrogen) atoms. The number of nitrogens with one attached hydrogen (secondary N) is 1. The van der Waals surface area contributed by atoms with Crippen LogP contribution in [-0.4, -0.2) is 13.1 Å². The van der Waals surface area contributed by atoms with Crippen molar-refractivity contribution < 1.29 is 9.53 Å². The first-order valence-corrected chi connectivity index (χ1v) is 3.64. The predicted molar refractivity (Wildman–Crippen MR) is 50.0 cm³/mol. The lowest BCUT2D eigenvalue weighted by Crippen LogP contribution is -2.12. The first-order chi connectivity index (χ1) is 6.20. The number of carbonyl (C=O) groups excluding carboxylic acids is 1. The number of carbonyl (C=O) groups is 1. The maximum absolute atomic E-state index is 11.1. The van der Waals surface area contributed by atoms with E-state index in [0.717, 1.165) is 0 Å². The molecule has 0 bridgehead atoms. The second-order valence-corrected chi connectivity index (χ2v) is 2.40. The summed E-state index contributed by atoms with van der Waals surface area (Å²) >= 11 is 0. The Labute approximate surface area is 75.6 Å². The molecule has 0 saturated heterocycles. The molecule has 0 saturated carbocycles. The molecular formula is C8H11N3O2. The highest BCUT2D eigenvalue weighted by molar-refractivity contribution is 5.98. The number of esters is 1. The number of hydrazine groups is 1. The van der Waals surface area contributed by atoms with Gasteiger partial charge < -0.3 is 15.9 Å². The van der Waals surface area contributed by atoms with E-state index in [1.54, 1.807) is 18.2 Å². The third-order valence-electron chi connectivity index (χ3n) is 1.67. The van der Waals surface area contributed by atoms with Crippen molar-refractivity contribution in [1.29, 1.82) is 0 Å². The minimum atomic E-state index is -0.477. The molecule has 1 aromatic rings. The summed E-state index contributed by atoms with van der Waals surface area (Å²) in [6.07, 6.45) is 0. The number of nitrogens with two attached hydrogens (primary N) is 2. The second kappa shape index (κ2) is 3.77. The number of nitrogen functional groups attached to an aromatic ring is 2. The number of ether oxygens (including phenoxy) is 1.